The highest BCUT2D eigenvalue weighted by atomic mass is 16.6. The van der Waals surface area contributed by atoms with Crippen LogP contribution < -0.4 is 10.2 Å². The number of hydrogen-bond acceptors (Lipinski definition) is 6. The minimum absolute atomic E-state index is 0.0454. The predicted octanol–water partition coefficient (Wildman–Crippen LogP) is 4.71. The first kappa shape index (κ1) is 27.5. The summed E-state index contributed by atoms with van der Waals surface area (Å²) < 4.78 is 16.1. The highest BCUT2D eigenvalue weighted by molar-refractivity contribution is 5.79. The van der Waals surface area contributed by atoms with Gasteiger partial charge in [0, 0.05) is 13.1 Å². The predicted molar refractivity (Wildman–Crippen MR) is 145 cm³/mol. The molecule has 1 unspecified atom stereocenters. The van der Waals surface area contributed by atoms with Gasteiger partial charge in [0.15, 0.2) is 0 Å². The Labute approximate surface area is 228 Å². The van der Waals surface area contributed by atoms with Crippen LogP contribution in [-0.4, -0.2) is 54.2 Å². The van der Waals surface area contributed by atoms with Crippen LogP contribution in [0.3, 0.4) is 0 Å². The number of rotatable bonds is 8. The maximum atomic E-state index is 13.2. The first-order valence-corrected chi connectivity index (χ1v) is 12.9. The smallest absolute Gasteiger partial charge is 0.429 e. The third-order valence-corrected chi connectivity index (χ3v) is 6.46. The summed E-state index contributed by atoms with van der Waals surface area (Å²) in [4.78, 5) is 40.7. The lowest BCUT2D eigenvalue weighted by Gasteiger charge is -2.38. The molecule has 4 rings (SSSR count). The first-order chi connectivity index (χ1) is 19.0. The summed E-state index contributed by atoms with van der Waals surface area (Å²) in [5.41, 5.74) is 5.06. The van der Waals surface area contributed by atoms with Crippen LogP contribution in [0.5, 0.6) is 5.75 Å². The van der Waals surface area contributed by atoms with Gasteiger partial charge in [-0.1, -0.05) is 72.8 Å². The van der Waals surface area contributed by atoms with E-state index < -0.39 is 18.2 Å². The standard InChI is InChI=1S/C30H33N3O6/c1-37-27-16-14-23(15-17-27)19-28(34)32-18-8-13-26(20-32)33(30(36)39-22-25-11-6-3-7-12-25)31-29(35)38-21-24-9-4-2-5-10-24/h2-7,9-12,14-17,26H,8,13,18-22H2,1H3,(H,31,35). The molecule has 0 aromatic heterocycles. The summed E-state index contributed by atoms with van der Waals surface area (Å²) in [6.45, 7) is 0.922. The van der Waals surface area contributed by atoms with Crippen molar-refractivity contribution in [3.8, 4) is 5.75 Å². The molecule has 0 saturated carbocycles. The molecule has 0 aliphatic carbocycles. The molecule has 1 N–H and O–H groups in total. The molecule has 0 bridgehead atoms. The lowest BCUT2D eigenvalue weighted by Crippen LogP contribution is -2.58. The molecule has 1 fully saturated rings. The molecule has 1 aliphatic heterocycles. The molecule has 1 atom stereocenters. The fourth-order valence-corrected chi connectivity index (χ4v) is 4.35. The van der Waals surface area contributed by atoms with Crippen LogP contribution in [0.15, 0.2) is 84.9 Å². The second kappa shape index (κ2) is 13.9. The van der Waals surface area contributed by atoms with E-state index in [1.54, 1.807) is 12.0 Å². The van der Waals surface area contributed by atoms with Crippen LogP contribution in [0.4, 0.5) is 9.59 Å². The molecule has 9 heteroatoms. The SMILES string of the molecule is COc1ccc(CC(=O)N2CCCC(N(NC(=O)OCc3ccccc3)C(=O)OCc3ccccc3)C2)cc1. The Morgan fingerprint density at radius 3 is 2.08 bits per heavy atom. The zero-order valence-corrected chi connectivity index (χ0v) is 22.0. The van der Waals surface area contributed by atoms with Crippen molar-refractivity contribution in [2.45, 2.75) is 38.5 Å². The average Bonchev–Trinajstić information content (AvgIpc) is 2.99. The van der Waals surface area contributed by atoms with Crippen LogP contribution >= 0.6 is 0 Å². The third kappa shape index (κ3) is 8.23. The lowest BCUT2D eigenvalue weighted by molar-refractivity contribution is -0.132. The zero-order valence-electron chi connectivity index (χ0n) is 22.0. The number of carbonyl (C=O) groups excluding carboxylic acids is 3. The van der Waals surface area contributed by atoms with E-state index in [9.17, 15) is 14.4 Å². The molecule has 3 amide bonds. The third-order valence-electron chi connectivity index (χ3n) is 6.46. The fraction of sp³-hybridized carbons (Fsp3) is 0.300. The maximum Gasteiger partial charge on any atom is 0.429 e. The number of nitrogens with one attached hydrogen (secondary N) is 1. The summed E-state index contributed by atoms with van der Waals surface area (Å²) in [5, 5.41) is 1.16. The van der Waals surface area contributed by atoms with Gasteiger partial charge in [-0.05, 0) is 41.7 Å². The lowest BCUT2D eigenvalue weighted by atomic mass is 10.0. The van der Waals surface area contributed by atoms with Crippen molar-refractivity contribution in [1.82, 2.24) is 15.3 Å². The molecule has 3 aromatic carbocycles. The monoisotopic (exact) mass is 531 g/mol. The van der Waals surface area contributed by atoms with Gasteiger partial charge in [0.1, 0.15) is 19.0 Å². The largest absolute Gasteiger partial charge is 0.497 e. The molecule has 1 heterocycles. The van der Waals surface area contributed by atoms with E-state index in [-0.39, 0.29) is 32.1 Å². The number of methoxy groups -OCH3 is 1. The van der Waals surface area contributed by atoms with Crippen LogP contribution in [0, 0.1) is 0 Å². The molecule has 3 aromatic rings. The number of carbonyl (C=O) groups is 3. The van der Waals surface area contributed by atoms with E-state index in [4.69, 9.17) is 14.2 Å². The van der Waals surface area contributed by atoms with Crippen molar-refractivity contribution in [2.24, 2.45) is 0 Å². The summed E-state index contributed by atoms with van der Waals surface area (Å²) in [6, 6.07) is 25.4. The van der Waals surface area contributed by atoms with Gasteiger partial charge in [-0.25, -0.2) is 20.0 Å². The van der Waals surface area contributed by atoms with Crippen molar-refractivity contribution in [1.29, 1.82) is 0 Å². The minimum Gasteiger partial charge on any atom is -0.497 e. The van der Waals surface area contributed by atoms with Crippen molar-refractivity contribution in [3.05, 3.63) is 102 Å². The molecule has 9 nitrogen and oxygen atoms in total. The van der Waals surface area contributed by atoms with Crippen LogP contribution in [0.2, 0.25) is 0 Å². The van der Waals surface area contributed by atoms with E-state index in [0.717, 1.165) is 27.4 Å². The summed E-state index contributed by atoms with van der Waals surface area (Å²) in [6.07, 6.45) is -0.0162. The fourth-order valence-electron chi connectivity index (χ4n) is 4.35. The van der Waals surface area contributed by atoms with Crippen molar-refractivity contribution < 1.29 is 28.6 Å². The average molecular weight is 532 g/mol. The van der Waals surface area contributed by atoms with E-state index in [1.807, 2.05) is 84.9 Å². The number of nitrogens with zero attached hydrogens (tertiary/aromatic N) is 2. The Bertz CT molecular complexity index is 1220. The van der Waals surface area contributed by atoms with Gasteiger partial charge < -0.3 is 19.1 Å². The van der Waals surface area contributed by atoms with E-state index in [0.29, 0.717) is 19.4 Å². The summed E-state index contributed by atoms with van der Waals surface area (Å²) >= 11 is 0. The first-order valence-electron chi connectivity index (χ1n) is 12.9. The quantitative estimate of drug-likeness (QED) is 0.423. The second-order valence-corrected chi connectivity index (χ2v) is 9.24. The molecular formula is C30H33N3O6. The zero-order chi connectivity index (χ0) is 27.5. The number of ether oxygens (including phenoxy) is 3. The van der Waals surface area contributed by atoms with Crippen LogP contribution in [-0.2, 0) is 33.9 Å². The molecule has 1 aliphatic rings. The van der Waals surface area contributed by atoms with E-state index in [2.05, 4.69) is 5.43 Å². The second-order valence-electron chi connectivity index (χ2n) is 9.24. The van der Waals surface area contributed by atoms with Gasteiger partial charge in [-0.2, -0.15) is 0 Å². The van der Waals surface area contributed by atoms with Gasteiger partial charge in [0.05, 0.1) is 19.6 Å². The number of hydrogen-bond donors (Lipinski definition) is 1. The van der Waals surface area contributed by atoms with Crippen molar-refractivity contribution >= 4 is 18.1 Å². The Hall–Kier alpha value is -4.53. The molecule has 0 spiro atoms. The van der Waals surface area contributed by atoms with E-state index in [1.165, 1.54) is 0 Å². The number of likely N-dealkylation sites (tertiary alicyclic amines) is 1. The van der Waals surface area contributed by atoms with Crippen molar-refractivity contribution in [3.63, 3.8) is 0 Å². The number of hydrazine groups is 1. The van der Waals surface area contributed by atoms with Gasteiger partial charge in [0.2, 0.25) is 5.91 Å². The Morgan fingerprint density at radius 2 is 1.46 bits per heavy atom. The van der Waals surface area contributed by atoms with Crippen LogP contribution in [0.1, 0.15) is 29.5 Å². The number of piperidine rings is 1. The topological polar surface area (TPSA) is 97.4 Å². The Morgan fingerprint density at radius 1 is 0.846 bits per heavy atom. The molecule has 204 valence electrons. The summed E-state index contributed by atoms with van der Waals surface area (Å²) in [7, 11) is 1.59. The molecular weight excluding hydrogens is 498 g/mol. The van der Waals surface area contributed by atoms with Gasteiger partial charge in [-0.3, -0.25) is 4.79 Å². The number of amides is 3. The molecule has 0 radical (unpaired) electrons. The highest BCUT2D eigenvalue weighted by Gasteiger charge is 2.33. The Kier molecular flexibility index (Phi) is 9.77. The van der Waals surface area contributed by atoms with Gasteiger partial charge >= 0.3 is 12.2 Å². The van der Waals surface area contributed by atoms with Crippen LogP contribution in [0.25, 0.3) is 0 Å². The maximum absolute atomic E-state index is 13.2. The molecule has 39 heavy (non-hydrogen) atoms. The summed E-state index contributed by atoms with van der Waals surface area (Å²) in [5.74, 6) is 0.660. The van der Waals surface area contributed by atoms with E-state index >= 15 is 0 Å². The molecule has 1 saturated heterocycles. The van der Waals surface area contributed by atoms with Gasteiger partial charge in [-0.15, -0.1) is 0 Å². The Balaban J connectivity index is 1.41. The van der Waals surface area contributed by atoms with Crippen molar-refractivity contribution in [2.75, 3.05) is 20.2 Å². The number of benzene rings is 3. The van der Waals surface area contributed by atoms with Gasteiger partial charge in [0.25, 0.3) is 0 Å². The highest BCUT2D eigenvalue weighted by Crippen LogP contribution is 2.19. The minimum atomic E-state index is -0.780. The normalized spacial score (nSPS) is 14.7.